The van der Waals surface area contributed by atoms with Crippen molar-refractivity contribution < 1.29 is 46.2 Å². The maximum Gasteiger partial charge on any atom is 0.434 e. The number of aliphatic carboxylic acids is 1. The highest BCUT2D eigenvalue weighted by Gasteiger charge is 2.47. The lowest BCUT2D eigenvalue weighted by atomic mass is 9.66. The molecule has 2 heterocycles. The molecule has 1 amide bonds. The average molecular weight is 760 g/mol. The van der Waals surface area contributed by atoms with Crippen molar-refractivity contribution >= 4 is 29.2 Å². The van der Waals surface area contributed by atoms with Crippen LogP contribution in [0.25, 0.3) is 0 Å². The number of hydrogen-bond donors (Lipinski definition) is 2. The Morgan fingerprint density at radius 3 is 2.28 bits per heavy atom. The van der Waals surface area contributed by atoms with E-state index < -0.39 is 41.2 Å². The van der Waals surface area contributed by atoms with E-state index in [4.69, 9.17) is 9.57 Å². The Balaban J connectivity index is 0.974. The fourth-order valence-electron chi connectivity index (χ4n) is 10.1. The van der Waals surface area contributed by atoms with E-state index >= 15 is 0 Å². The van der Waals surface area contributed by atoms with Gasteiger partial charge >= 0.3 is 12.1 Å². The number of anilines is 2. The molecule has 54 heavy (non-hydrogen) atoms. The van der Waals surface area contributed by atoms with Crippen molar-refractivity contribution in [1.29, 1.82) is 0 Å². The zero-order chi connectivity index (χ0) is 37.8. The number of carbonyl (C=O) groups excluding carboxylic acids is 1. The lowest BCUT2D eigenvalue weighted by Crippen LogP contribution is -2.44. The predicted octanol–water partition coefficient (Wildman–Crippen LogP) is 8.35. The van der Waals surface area contributed by atoms with Crippen molar-refractivity contribution in [2.24, 2.45) is 22.9 Å². The van der Waals surface area contributed by atoms with Gasteiger partial charge in [-0.05, 0) is 106 Å². The fraction of sp³-hybridized carbons (Fsp3) is 0.667. The molecule has 5 saturated carbocycles. The minimum absolute atomic E-state index is 0.0744. The minimum atomic E-state index is -4.91. The molecule has 1 aliphatic heterocycles. The summed E-state index contributed by atoms with van der Waals surface area (Å²) in [5, 5.41) is 16.2. The molecule has 1 spiro atoms. The number of oxime groups is 1. The Bertz CT molecular complexity index is 1770. The smallest absolute Gasteiger partial charge is 0.434 e. The molecule has 2 aromatic rings. The maximum absolute atomic E-state index is 14.6. The van der Waals surface area contributed by atoms with Gasteiger partial charge < -0.3 is 24.9 Å². The Labute approximate surface area is 310 Å². The Hall–Kier alpha value is -4.04. The number of fused-ring (bicyclic) bond motifs is 4. The molecule has 1 aromatic carbocycles. The van der Waals surface area contributed by atoms with Crippen LogP contribution in [0.2, 0.25) is 0 Å². The van der Waals surface area contributed by atoms with Crippen molar-refractivity contribution in [3.63, 3.8) is 0 Å². The van der Waals surface area contributed by atoms with Crippen molar-refractivity contribution in [3.8, 4) is 5.75 Å². The van der Waals surface area contributed by atoms with E-state index in [1.54, 1.807) is 4.90 Å². The van der Waals surface area contributed by atoms with E-state index in [1.807, 2.05) is 18.2 Å². The summed E-state index contributed by atoms with van der Waals surface area (Å²) < 4.78 is 76.5. The molecule has 292 valence electrons. The van der Waals surface area contributed by atoms with E-state index in [0.717, 1.165) is 56.0 Å². The summed E-state index contributed by atoms with van der Waals surface area (Å²) in [6, 6.07) is 5.35. The van der Waals surface area contributed by atoms with Gasteiger partial charge in [-0.1, -0.05) is 24.4 Å². The van der Waals surface area contributed by atoms with Crippen LogP contribution in [0.5, 0.6) is 5.75 Å². The van der Waals surface area contributed by atoms with Crippen molar-refractivity contribution in [1.82, 2.24) is 15.3 Å². The summed E-state index contributed by atoms with van der Waals surface area (Å²) >= 11 is 0. The lowest BCUT2D eigenvalue weighted by Gasteiger charge is -2.41. The van der Waals surface area contributed by atoms with Gasteiger partial charge in [0.1, 0.15) is 11.9 Å². The van der Waals surface area contributed by atoms with Gasteiger partial charge in [-0.2, -0.15) is 13.2 Å². The maximum atomic E-state index is 14.6. The molecule has 5 aliphatic carbocycles. The summed E-state index contributed by atoms with van der Waals surface area (Å²) in [5.41, 5.74) is -0.114. The number of amides is 1. The number of alkyl halides is 5. The molecule has 1 aromatic heterocycles. The molecule has 15 heteroatoms. The number of carboxylic acids is 1. The van der Waals surface area contributed by atoms with E-state index in [2.05, 4.69) is 20.4 Å². The molecule has 5 fully saturated rings. The molecular formula is C39H46F5N5O5. The van der Waals surface area contributed by atoms with Gasteiger partial charge in [0.25, 0.3) is 11.8 Å². The normalized spacial score (nSPS) is 29.9. The van der Waals surface area contributed by atoms with E-state index in [-0.39, 0.29) is 54.3 Å². The number of hydrogen-bond acceptors (Lipinski definition) is 8. The molecule has 2 atom stereocenters. The van der Waals surface area contributed by atoms with E-state index in [1.165, 1.54) is 0 Å². The third-order valence-corrected chi connectivity index (χ3v) is 12.6. The first-order valence-corrected chi connectivity index (χ1v) is 19.4. The lowest BCUT2D eigenvalue weighted by molar-refractivity contribution is -0.144. The highest BCUT2D eigenvalue weighted by Crippen LogP contribution is 2.52. The quantitative estimate of drug-likeness (QED) is 0.203. The van der Waals surface area contributed by atoms with Crippen molar-refractivity contribution in [2.75, 3.05) is 11.4 Å². The molecule has 2 unspecified atom stereocenters. The Morgan fingerprint density at radius 1 is 0.944 bits per heavy atom. The van der Waals surface area contributed by atoms with E-state index in [0.29, 0.717) is 69.4 Å². The molecule has 8 rings (SSSR count). The topological polar surface area (TPSA) is 126 Å². The van der Waals surface area contributed by atoms with Gasteiger partial charge in [0.05, 0.1) is 36.1 Å². The van der Waals surface area contributed by atoms with E-state index in [9.17, 15) is 36.6 Å². The largest absolute Gasteiger partial charge is 0.490 e. The second-order valence-corrected chi connectivity index (χ2v) is 16.6. The monoisotopic (exact) mass is 759 g/mol. The number of benzene rings is 1. The SMILES string of the molecule is O=C(NC1CC2CC(C1)CC(C(=O)O)C2)c1cnc(N2CC3(CCCCC3)c3cc(O[C@H]4CC[C@@H](ON=C5CC(F)(F)C5)CC4)ccc32)nc1C(F)(F)F. The number of ether oxygens (including phenoxy) is 1. The first-order chi connectivity index (χ1) is 25.7. The zero-order valence-electron chi connectivity index (χ0n) is 30.1. The fourth-order valence-corrected chi connectivity index (χ4v) is 10.1. The molecule has 6 aliphatic rings. The first kappa shape index (κ1) is 36.9. The van der Waals surface area contributed by atoms with Gasteiger partial charge in [-0.3, -0.25) is 9.59 Å². The number of carbonyl (C=O) groups is 2. The van der Waals surface area contributed by atoms with Gasteiger partial charge in [0, 0.05) is 29.9 Å². The second-order valence-electron chi connectivity index (χ2n) is 16.6. The first-order valence-electron chi connectivity index (χ1n) is 19.4. The third kappa shape index (κ3) is 7.60. The van der Waals surface area contributed by atoms with Crippen molar-refractivity contribution in [3.05, 3.63) is 41.2 Å². The Kier molecular flexibility index (Phi) is 9.73. The van der Waals surface area contributed by atoms with Crippen LogP contribution in [0, 0.1) is 17.8 Å². The third-order valence-electron chi connectivity index (χ3n) is 12.6. The van der Waals surface area contributed by atoms with Crippen LogP contribution in [0.4, 0.5) is 33.6 Å². The van der Waals surface area contributed by atoms with Crippen molar-refractivity contribution in [2.45, 2.75) is 138 Å². The summed E-state index contributed by atoms with van der Waals surface area (Å²) in [6.45, 7) is 0.410. The Morgan fingerprint density at radius 2 is 1.63 bits per heavy atom. The van der Waals surface area contributed by atoms with Crippen LogP contribution >= 0.6 is 0 Å². The number of rotatable bonds is 8. The number of nitrogens with zero attached hydrogens (tertiary/aromatic N) is 4. The molecule has 2 bridgehead atoms. The molecule has 0 radical (unpaired) electrons. The summed E-state index contributed by atoms with van der Waals surface area (Å²) in [5.74, 6) is -4.02. The van der Waals surface area contributed by atoms with Crippen LogP contribution in [-0.2, 0) is 21.2 Å². The molecule has 2 N–H and O–H groups in total. The number of aromatic nitrogens is 2. The molecule has 10 nitrogen and oxygen atoms in total. The minimum Gasteiger partial charge on any atom is -0.490 e. The average Bonchev–Trinajstić information content (AvgIpc) is 3.42. The second kappa shape index (κ2) is 14.2. The molecule has 0 saturated heterocycles. The zero-order valence-corrected chi connectivity index (χ0v) is 30.1. The highest BCUT2D eigenvalue weighted by atomic mass is 19.4. The summed E-state index contributed by atoms with van der Waals surface area (Å²) in [4.78, 5) is 40.7. The number of nitrogens with one attached hydrogen (secondary N) is 1. The summed E-state index contributed by atoms with van der Waals surface area (Å²) in [6.07, 6.45) is 5.67. The molecular weight excluding hydrogens is 713 g/mol. The van der Waals surface area contributed by atoms with Crippen LogP contribution in [0.1, 0.15) is 124 Å². The standard InChI is InChI=1S/C39H46F5N5O5/c40-38(41)18-26(19-38)48-54-28-6-4-27(5-7-28)53-29-8-9-32-31(17-29)37(10-2-1-3-11-37)21-49(32)36-45-20-30(33(47-36)39(42,43)44)34(50)46-25-15-22-12-23(16-25)14-24(13-22)35(51)52/h8-9,17,20,22-25,27-28H,1-7,10-16,18-19,21H2,(H,46,50)(H,51,52)/t22?,23?,24?,25?,27-,28+. The van der Waals surface area contributed by atoms with Gasteiger partial charge in [-0.15, -0.1) is 0 Å². The van der Waals surface area contributed by atoms with Gasteiger partial charge in [-0.25, -0.2) is 18.7 Å². The highest BCUT2D eigenvalue weighted by molar-refractivity contribution is 5.95. The number of carboxylic acid groups (broad SMARTS) is 1. The number of halogens is 5. The van der Waals surface area contributed by atoms with Crippen LogP contribution in [0.15, 0.2) is 29.6 Å². The van der Waals surface area contributed by atoms with Crippen LogP contribution in [0.3, 0.4) is 0 Å². The summed E-state index contributed by atoms with van der Waals surface area (Å²) in [7, 11) is 0. The van der Waals surface area contributed by atoms with Gasteiger partial charge in [0.2, 0.25) is 5.95 Å². The van der Waals surface area contributed by atoms with Crippen LogP contribution in [-0.4, -0.2) is 63.4 Å². The predicted molar refractivity (Wildman–Crippen MR) is 187 cm³/mol. The van der Waals surface area contributed by atoms with Gasteiger partial charge in [0.15, 0.2) is 5.69 Å². The van der Waals surface area contributed by atoms with Crippen LogP contribution < -0.4 is 15.0 Å².